The second kappa shape index (κ2) is 5.88. The van der Waals surface area contributed by atoms with E-state index in [2.05, 4.69) is 44.0 Å². The van der Waals surface area contributed by atoms with Crippen LogP contribution in [0.2, 0.25) is 0 Å². The molecule has 21 heavy (non-hydrogen) atoms. The zero-order chi connectivity index (χ0) is 14.8. The topological polar surface area (TPSA) is 33.0 Å². The van der Waals surface area contributed by atoms with Crippen molar-refractivity contribution in [2.24, 2.45) is 0 Å². The van der Waals surface area contributed by atoms with Crippen molar-refractivity contribution in [1.82, 2.24) is 0 Å². The van der Waals surface area contributed by atoms with Crippen LogP contribution in [0.5, 0.6) is 11.5 Å². The van der Waals surface area contributed by atoms with Gasteiger partial charge < -0.3 is 4.74 Å². The molecule has 0 amide bonds. The van der Waals surface area contributed by atoms with E-state index in [9.17, 15) is 0 Å². The lowest BCUT2D eigenvalue weighted by Crippen LogP contribution is -1.88. The Morgan fingerprint density at radius 3 is 2.43 bits per heavy atom. The van der Waals surface area contributed by atoms with E-state index in [-0.39, 0.29) is 0 Å². The predicted molar refractivity (Wildman–Crippen MR) is 90.6 cm³/mol. The highest BCUT2D eigenvalue weighted by molar-refractivity contribution is 9.11. The molecule has 0 radical (unpaired) electrons. The number of hydrogen-bond acceptors (Lipinski definition) is 2. The fraction of sp³-hybridized carbons (Fsp3) is 0. The van der Waals surface area contributed by atoms with Crippen LogP contribution in [0.1, 0.15) is 5.56 Å². The number of hydrogen-bond donors (Lipinski definition) is 0. The van der Waals surface area contributed by atoms with Gasteiger partial charge in [-0.3, -0.25) is 0 Å². The molecule has 0 fully saturated rings. The SMILES string of the molecule is N#Cc1ccc(Oc2ccc3ccccc3c2Br)c(Br)c1. The van der Waals surface area contributed by atoms with Gasteiger partial charge in [0, 0.05) is 0 Å². The van der Waals surface area contributed by atoms with Gasteiger partial charge in [0.2, 0.25) is 0 Å². The minimum absolute atomic E-state index is 0.590. The smallest absolute Gasteiger partial charge is 0.142 e. The molecule has 3 aromatic rings. The van der Waals surface area contributed by atoms with Crippen molar-refractivity contribution in [3.63, 3.8) is 0 Å². The molecule has 0 unspecified atom stereocenters. The molecule has 0 aromatic heterocycles. The first kappa shape index (κ1) is 14.1. The van der Waals surface area contributed by atoms with E-state index in [1.54, 1.807) is 18.2 Å². The number of nitrogens with zero attached hydrogens (tertiary/aromatic N) is 1. The Hall–Kier alpha value is -1.83. The van der Waals surface area contributed by atoms with Gasteiger partial charge in [-0.2, -0.15) is 5.26 Å². The van der Waals surface area contributed by atoms with Crippen LogP contribution in [0.25, 0.3) is 10.8 Å². The van der Waals surface area contributed by atoms with Crippen LogP contribution in [0.15, 0.2) is 63.5 Å². The van der Waals surface area contributed by atoms with Gasteiger partial charge in [-0.05, 0) is 66.9 Å². The Morgan fingerprint density at radius 2 is 1.67 bits per heavy atom. The molecule has 102 valence electrons. The molecule has 0 saturated heterocycles. The van der Waals surface area contributed by atoms with E-state index in [1.165, 1.54) is 0 Å². The molecular weight excluding hydrogens is 394 g/mol. The van der Waals surface area contributed by atoms with Gasteiger partial charge in [-0.25, -0.2) is 0 Å². The number of ether oxygens (including phenoxy) is 1. The summed E-state index contributed by atoms with van der Waals surface area (Å²) in [6.45, 7) is 0. The van der Waals surface area contributed by atoms with E-state index in [0.29, 0.717) is 11.3 Å². The number of fused-ring (bicyclic) bond motifs is 1. The van der Waals surface area contributed by atoms with Crippen molar-refractivity contribution in [2.75, 3.05) is 0 Å². The fourth-order valence-electron chi connectivity index (χ4n) is 2.06. The Bertz CT molecular complexity index is 868. The fourth-order valence-corrected chi connectivity index (χ4v) is 3.10. The number of rotatable bonds is 2. The maximum Gasteiger partial charge on any atom is 0.142 e. The summed E-state index contributed by atoms with van der Waals surface area (Å²) in [4.78, 5) is 0. The maximum atomic E-state index is 8.89. The molecule has 3 rings (SSSR count). The van der Waals surface area contributed by atoms with Crippen LogP contribution < -0.4 is 4.74 Å². The van der Waals surface area contributed by atoms with Crippen molar-refractivity contribution in [1.29, 1.82) is 5.26 Å². The zero-order valence-electron chi connectivity index (χ0n) is 10.8. The Kier molecular flexibility index (Phi) is 3.96. The molecule has 0 heterocycles. The molecule has 0 aliphatic heterocycles. The number of halogens is 2. The van der Waals surface area contributed by atoms with Gasteiger partial charge in [0.1, 0.15) is 11.5 Å². The van der Waals surface area contributed by atoms with E-state index in [1.807, 2.05) is 30.3 Å². The molecule has 3 aromatic carbocycles. The standard InChI is InChI=1S/C17H9Br2NO/c18-14-9-11(10-20)5-7-15(14)21-16-8-6-12-3-1-2-4-13(12)17(16)19/h1-9H. The highest BCUT2D eigenvalue weighted by Gasteiger charge is 2.09. The molecule has 2 nitrogen and oxygen atoms in total. The van der Waals surface area contributed by atoms with Crippen molar-refractivity contribution >= 4 is 42.6 Å². The molecular formula is C17H9Br2NO. The number of benzene rings is 3. The number of nitriles is 1. The van der Waals surface area contributed by atoms with E-state index in [0.717, 1.165) is 25.5 Å². The van der Waals surface area contributed by atoms with Crippen LogP contribution in [0.3, 0.4) is 0 Å². The second-order valence-electron chi connectivity index (χ2n) is 4.46. The predicted octanol–water partition coefficient (Wildman–Crippen LogP) is 6.03. The van der Waals surface area contributed by atoms with Gasteiger partial charge in [-0.15, -0.1) is 0 Å². The van der Waals surface area contributed by atoms with Gasteiger partial charge in [0.25, 0.3) is 0 Å². The average Bonchev–Trinajstić information content (AvgIpc) is 2.52. The van der Waals surface area contributed by atoms with Gasteiger partial charge in [0.15, 0.2) is 0 Å². The van der Waals surface area contributed by atoms with Crippen molar-refractivity contribution in [2.45, 2.75) is 0 Å². The van der Waals surface area contributed by atoms with Crippen LogP contribution in [0, 0.1) is 11.3 Å². The third-order valence-electron chi connectivity index (χ3n) is 3.11. The Morgan fingerprint density at radius 1 is 0.905 bits per heavy atom. The van der Waals surface area contributed by atoms with E-state index >= 15 is 0 Å². The second-order valence-corrected chi connectivity index (χ2v) is 6.11. The lowest BCUT2D eigenvalue weighted by Gasteiger charge is -2.11. The molecule has 0 saturated carbocycles. The van der Waals surface area contributed by atoms with E-state index < -0.39 is 0 Å². The molecule has 0 N–H and O–H groups in total. The third-order valence-corrected chi connectivity index (χ3v) is 4.55. The van der Waals surface area contributed by atoms with Gasteiger partial charge in [-0.1, -0.05) is 30.3 Å². The molecule has 0 atom stereocenters. The first-order chi connectivity index (χ1) is 10.2. The first-order valence-corrected chi connectivity index (χ1v) is 7.82. The van der Waals surface area contributed by atoms with Crippen molar-refractivity contribution < 1.29 is 4.74 Å². The third kappa shape index (κ3) is 2.80. The lowest BCUT2D eigenvalue weighted by atomic mass is 10.1. The molecule has 0 bridgehead atoms. The van der Waals surface area contributed by atoms with E-state index in [4.69, 9.17) is 10.00 Å². The summed E-state index contributed by atoms with van der Waals surface area (Å²) in [6.07, 6.45) is 0. The summed E-state index contributed by atoms with van der Waals surface area (Å²) in [5.41, 5.74) is 0.590. The summed E-state index contributed by atoms with van der Waals surface area (Å²) in [6, 6.07) is 19.4. The van der Waals surface area contributed by atoms with Crippen molar-refractivity contribution in [3.05, 3.63) is 69.1 Å². The van der Waals surface area contributed by atoms with Crippen LogP contribution >= 0.6 is 31.9 Å². The minimum Gasteiger partial charge on any atom is -0.455 e. The summed E-state index contributed by atoms with van der Waals surface area (Å²) >= 11 is 7.03. The van der Waals surface area contributed by atoms with Gasteiger partial charge in [0.05, 0.1) is 20.6 Å². The summed E-state index contributed by atoms with van der Waals surface area (Å²) in [5.74, 6) is 1.41. The summed E-state index contributed by atoms with van der Waals surface area (Å²) < 4.78 is 7.61. The molecule has 0 aliphatic carbocycles. The molecule has 4 heteroatoms. The summed E-state index contributed by atoms with van der Waals surface area (Å²) in [7, 11) is 0. The highest BCUT2D eigenvalue weighted by Crippen LogP contribution is 2.38. The van der Waals surface area contributed by atoms with Crippen LogP contribution in [-0.4, -0.2) is 0 Å². The minimum atomic E-state index is 0.590. The maximum absolute atomic E-state index is 8.89. The van der Waals surface area contributed by atoms with Crippen LogP contribution in [0.4, 0.5) is 0 Å². The highest BCUT2D eigenvalue weighted by atomic mass is 79.9. The zero-order valence-corrected chi connectivity index (χ0v) is 14.0. The Balaban J connectivity index is 2.02. The molecule has 0 aliphatic rings. The Labute approximate surface area is 139 Å². The molecule has 0 spiro atoms. The van der Waals surface area contributed by atoms with Crippen molar-refractivity contribution in [3.8, 4) is 17.6 Å². The monoisotopic (exact) mass is 401 g/mol. The largest absolute Gasteiger partial charge is 0.455 e. The average molecular weight is 403 g/mol. The normalized spacial score (nSPS) is 10.3. The van der Waals surface area contributed by atoms with Gasteiger partial charge >= 0.3 is 0 Å². The lowest BCUT2D eigenvalue weighted by molar-refractivity contribution is 0.477. The summed E-state index contributed by atoms with van der Waals surface area (Å²) in [5, 5.41) is 11.1. The first-order valence-electron chi connectivity index (χ1n) is 6.24. The van der Waals surface area contributed by atoms with Crippen LogP contribution in [-0.2, 0) is 0 Å². The quantitative estimate of drug-likeness (QED) is 0.524.